The summed E-state index contributed by atoms with van der Waals surface area (Å²) in [5.41, 5.74) is 2.49. The van der Waals surface area contributed by atoms with Crippen molar-refractivity contribution < 1.29 is 22.7 Å². The van der Waals surface area contributed by atoms with Crippen LogP contribution >= 0.6 is 24.8 Å². The minimum Gasteiger partial charge on any atom is -0.493 e. The number of hydrogen-bond acceptors (Lipinski definition) is 5. The summed E-state index contributed by atoms with van der Waals surface area (Å²) in [5.74, 6) is 0.161. The van der Waals surface area contributed by atoms with Crippen molar-refractivity contribution in [1.29, 1.82) is 0 Å². The monoisotopic (exact) mass is 647 g/mol. The number of aromatic nitrogens is 1. The standard InChI is InChI=1S/C32H32F3N5O2.2ClH/c1-21-14-30(28-10-5-6-11-29(28)36-21)37-24-15-22(32(33,34)35)16-27(17-24)42-13-7-12-39-19-26-18-25(39)20-40(26)31(41)38-23-8-3-2-4-9-23;;/h2-6,8-11,14-17,25-26H,7,12-13,18-20H2,1H3,(H,36,37)(H,38,41);2*1H. The van der Waals surface area contributed by atoms with Crippen molar-refractivity contribution in [2.45, 2.75) is 38.0 Å². The molecule has 2 aliphatic heterocycles. The number of aryl methyl sites for hydroxylation is 1. The minimum atomic E-state index is -4.51. The van der Waals surface area contributed by atoms with Crippen molar-refractivity contribution in [3.05, 3.63) is 90.1 Å². The summed E-state index contributed by atoms with van der Waals surface area (Å²) in [6.45, 7) is 4.33. The minimum absolute atomic E-state index is 0. The topological polar surface area (TPSA) is 69.7 Å². The number of carbonyl (C=O) groups is 1. The number of fused-ring (bicyclic) bond motifs is 3. The molecule has 0 saturated carbocycles. The van der Waals surface area contributed by atoms with Gasteiger partial charge in [0.1, 0.15) is 5.75 Å². The van der Waals surface area contributed by atoms with Gasteiger partial charge in [-0.1, -0.05) is 36.4 Å². The second-order valence-corrected chi connectivity index (χ2v) is 10.9. The number of amides is 2. The molecule has 3 heterocycles. The number of piperazine rings is 1. The van der Waals surface area contributed by atoms with Crippen molar-refractivity contribution in [2.24, 2.45) is 0 Å². The molecule has 2 saturated heterocycles. The number of rotatable bonds is 8. The molecule has 2 N–H and O–H groups in total. The van der Waals surface area contributed by atoms with Gasteiger partial charge >= 0.3 is 12.2 Å². The van der Waals surface area contributed by atoms with Crippen LogP contribution in [-0.4, -0.2) is 59.1 Å². The summed E-state index contributed by atoms with van der Waals surface area (Å²) >= 11 is 0. The number of ether oxygens (including phenoxy) is 1. The Hall–Kier alpha value is -3.73. The van der Waals surface area contributed by atoms with E-state index in [0.29, 0.717) is 24.3 Å². The van der Waals surface area contributed by atoms with Gasteiger partial charge in [0.25, 0.3) is 0 Å². The third kappa shape index (κ3) is 7.49. The number of carbonyl (C=O) groups excluding carboxylic acids is 1. The summed E-state index contributed by atoms with van der Waals surface area (Å²) in [6.07, 6.45) is -2.93. The van der Waals surface area contributed by atoms with E-state index < -0.39 is 11.7 Å². The zero-order valence-corrected chi connectivity index (χ0v) is 25.6. The van der Waals surface area contributed by atoms with Gasteiger partial charge in [-0.15, -0.1) is 24.8 Å². The smallest absolute Gasteiger partial charge is 0.416 e. The lowest BCUT2D eigenvalue weighted by Gasteiger charge is -2.34. The molecule has 4 aromatic rings. The quantitative estimate of drug-likeness (QED) is 0.190. The number of halogens is 5. The van der Waals surface area contributed by atoms with Gasteiger partial charge in [0.05, 0.1) is 17.7 Å². The van der Waals surface area contributed by atoms with Crippen molar-refractivity contribution in [1.82, 2.24) is 14.8 Å². The molecule has 0 aliphatic carbocycles. The lowest BCUT2D eigenvalue weighted by atomic mass is 10.1. The molecule has 0 radical (unpaired) electrons. The molecule has 2 unspecified atom stereocenters. The number of hydrogen-bond donors (Lipinski definition) is 2. The molecule has 2 amide bonds. The molecule has 6 rings (SSSR count). The Morgan fingerprint density at radius 3 is 2.43 bits per heavy atom. The van der Waals surface area contributed by atoms with E-state index in [1.54, 1.807) is 6.07 Å². The lowest BCUT2D eigenvalue weighted by molar-refractivity contribution is -0.137. The SMILES string of the molecule is Cc1cc(Nc2cc(OCCCN3CC4CC3CN4C(=O)Nc3ccccc3)cc(C(F)(F)F)c2)c2ccccc2n1.Cl.Cl. The molecule has 7 nitrogen and oxygen atoms in total. The van der Waals surface area contributed by atoms with E-state index in [1.807, 2.05) is 72.5 Å². The number of pyridine rings is 1. The van der Waals surface area contributed by atoms with Crippen LogP contribution in [0.4, 0.5) is 35.0 Å². The highest BCUT2D eigenvalue weighted by molar-refractivity contribution is 5.93. The highest BCUT2D eigenvalue weighted by atomic mass is 35.5. The van der Waals surface area contributed by atoms with Gasteiger partial charge in [0.15, 0.2) is 0 Å². The maximum atomic E-state index is 13.8. The fourth-order valence-corrected chi connectivity index (χ4v) is 5.93. The van der Waals surface area contributed by atoms with E-state index in [9.17, 15) is 18.0 Å². The maximum absolute atomic E-state index is 13.8. The first-order valence-electron chi connectivity index (χ1n) is 14.1. The Morgan fingerprint density at radius 2 is 1.70 bits per heavy atom. The molecule has 1 aromatic heterocycles. The summed E-state index contributed by atoms with van der Waals surface area (Å²) in [7, 11) is 0. The number of benzene rings is 3. The first-order chi connectivity index (χ1) is 20.2. The van der Waals surface area contributed by atoms with Gasteiger partial charge in [-0.25, -0.2) is 4.79 Å². The molecule has 12 heteroatoms. The van der Waals surface area contributed by atoms with Crippen molar-refractivity contribution in [3.8, 4) is 5.75 Å². The zero-order valence-electron chi connectivity index (χ0n) is 24.0. The van der Waals surface area contributed by atoms with Gasteiger partial charge < -0.3 is 20.3 Å². The Balaban J connectivity index is 0.00000221. The second kappa shape index (κ2) is 13.9. The van der Waals surface area contributed by atoms with Crippen LogP contribution in [0.5, 0.6) is 5.75 Å². The lowest BCUT2D eigenvalue weighted by Crippen LogP contribution is -2.50. The molecule has 44 heavy (non-hydrogen) atoms. The molecule has 2 fully saturated rings. The number of nitrogens with zero attached hydrogens (tertiary/aromatic N) is 3. The Labute approximate surface area is 266 Å². The number of para-hydroxylation sites is 2. The average molecular weight is 649 g/mol. The first kappa shape index (κ1) is 33.2. The van der Waals surface area contributed by atoms with Crippen LogP contribution in [0.3, 0.4) is 0 Å². The normalized spacial score (nSPS) is 17.6. The number of nitrogens with one attached hydrogen (secondary N) is 2. The molecule has 234 valence electrons. The van der Waals surface area contributed by atoms with Gasteiger partial charge in [0.2, 0.25) is 0 Å². The Kier molecular flexibility index (Phi) is 10.5. The van der Waals surface area contributed by atoms with E-state index >= 15 is 0 Å². The van der Waals surface area contributed by atoms with Crippen LogP contribution in [0.25, 0.3) is 10.9 Å². The number of anilines is 3. The highest BCUT2D eigenvalue weighted by Crippen LogP contribution is 2.36. The number of urea groups is 1. The molecule has 2 bridgehead atoms. The Bertz CT molecular complexity index is 1590. The van der Waals surface area contributed by atoms with E-state index in [-0.39, 0.29) is 55.3 Å². The predicted molar refractivity (Wildman–Crippen MR) is 172 cm³/mol. The summed E-state index contributed by atoms with van der Waals surface area (Å²) in [5, 5.41) is 6.94. The number of likely N-dealkylation sites (tertiary alicyclic amines) is 2. The van der Waals surface area contributed by atoms with Crippen molar-refractivity contribution >= 4 is 58.8 Å². The molecular formula is C32H34Cl2F3N5O2. The van der Waals surface area contributed by atoms with E-state index in [1.165, 1.54) is 0 Å². The van der Waals surface area contributed by atoms with Crippen LogP contribution in [0.15, 0.2) is 78.9 Å². The van der Waals surface area contributed by atoms with Crippen LogP contribution in [0, 0.1) is 6.92 Å². The third-order valence-corrected chi connectivity index (χ3v) is 7.86. The van der Waals surface area contributed by atoms with Crippen LogP contribution in [-0.2, 0) is 6.18 Å². The van der Waals surface area contributed by atoms with Gasteiger partial charge in [0, 0.05) is 65.9 Å². The van der Waals surface area contributed by atoms with Crippen LogP contribution < -0.4 is 15.4 Å². The fraction of sp³-hybridized carbons (Fsp3) is 0.312. The van der Waals surface area contributed by atoms with Gasteiger partial charge in [-0.05, 0) is 56.2 Å². The maximum Gasteiger partial charge on any atom is 0.416 e. The van der Waals surface area contributed by atoms with Crippen LogP contribution in [0.1, 0.15) is 24.1 Å². The largest absolute Gasteiger partial charge is 0.493 e. The van der Waals surface area contributed by atoms with E-state index in [0.717, 1.165) is 53.9 Å². The Morgan fingerprint density at radius 1 is 0.955 bits per heavy atom. The van der Waals surface area contributed by atoms with Gasteiger partial charge in [-0.2, -0.15) is 13.2 Å². The number of alkyl halides is 3. The predicted octanol–water partition coefficient (Wildman–Crippen LogP) is 7.91. The van der Waals surface area contributed by atoms with Gasteiger partial charge in [-0.3, -0.25) is 9.88 Å². The van der Waals surface area contributed by atoms with Crippen molar-refractivity contribution in [2.75, 3.05) is 36.9 Å². The second-order valence-electron chi connectivity index (χ2n) is 10.9. The van der Waals surface area contributed by atoms with Crippen molar-refractivity contribution in [3.63, 3.8) is 0 Å². The van der Waals surface area contributed by atoms with E-state index in [2.05, 4.69) is 20.5 Å². The fourth-order valence-electron chi connectivity index (χ4n) is 5.93. The van der Waals surface area contributed by atoms with E-state index in [4.69, 9.17) is 4.74 Å². The third-order valence-electron chi connectivity index (χ3n) is 7.86. The first-order valence-corrected chi connectivity index (χ1v) is 14.1. The molecule has 2 atom stereocenters. The summed E-state index contributed by atoms with van der Waals surface area (Å²) in [6, 6.07) is 22.8. The molecular weight excluding hydrogens is 614 g/mol. The molecule has 2 aliphatic rings. The molecule has 0 spiro atoms. The molecule has 3 aromatic carbocycles. The van der Waals surface area contributed by atoms with Crippen LogP contribution in [0.2, 0.25) is 0 Å². The zero-order chi connectivity index (χ0) is 29.3. The summed E-state index contributed by atoms with van der Waals surface area (Å²) in [4.78, 5) is 21.5. The highest BCUT2D eigenvalue weighted by Gasteiger charge is 2.44. The summed E-state index contributed by atoms with van der Waals surface area (Å²) < 4.78 is 47.1. The average Bonchev–Trinajstić information content (AvgIpc) is 3.56.